The van der Waals surface area contributed by atoms with Crippen LogP contribution in [0.1, 0.15) is 41.6 Å². The van der Waals surface area contributed by atoms with Crippen LogP contribution in [0.4, 0.5) is 5.69 Å². The van der Waals surface area contributed by atoms with E-state index in [1.54, 1.807) is 17.9 Å². The molecule has 2 amide bonds. The number of nitrogens with zero attached hydrogens (tertiary/aromatic N) is 2. The van der Waals surface area contributed by atoms with E-state index in [2.05, 4.69) is 5.32 Å². The minimum Gasteiger partial charge on any atom is -0.354 e. The van der Waals surface area contributed by atoms with Crippen molar-refractivity contribution in [3.8, 4) is 0 Å². The number of likely N-dealkylation sites (tertiary alicyclic amines) is 1. The molecule has 8 heteroatoms. The zero-order chi connectivity index (χ0) is 18.4. The summed E-state index contributed by atoms with van der Waals surface area (Å²) in [6, 6.07) is 4.43. The average molecular weight is 348 g/mol. The Hall–Kier alpha value is -2.48. The van der Waals surface area contributed by atoms with Crippen molar-refractivity contribution in [3.05, 3.63) is 39.4 Å². The molecule has 136 valence electrons. The molecule has 2 rings (SSSR count). The van der Waals surface area contributed by atoms with Crippen molar-refractivity contribution in [1.82, 2.24) is 10.2 Å². The van der Waals surface area contributed by atoms with Crippen LogP contribution in [0.2, 0.25) is 0 Å². The molecule has 0 spiro atoms. The summed E-state index contributed by atoms with van der Waals surface area (Å²) in [6.45, 7) is 2.83. The number of piperidine rings is 1. The highest BCUT2D eigenvalue weighted by Gasteiger charge is 2.29. The van der Waals surface area contributed by atoms with Gasteiger partial charge in [-0.25, -0.2) is 0 Å². The highest BCUT2D eigenvalue weighted by atomic mass is 16.6. The molecule has 3 N–H and O–H groups in total. The molecule has 0 saturated carbocycles. The average Bonchev–Trinajstić information content (AvgIpc) is 2.60. The van der Waals surface area contributed by atoms with E-state index in [4.69, 9.17) is 5.73 Å². The summed E-state index contributed by atoms with van der Waals surface area (Å²) >= 11 is 0. The van der Waals surface area contributed by atoms with Crippen molar-refractivity contribution in [2.75, 3.05) is 19.6 Å². The van der Waals surface area contributed by atoms with Gasteiger partial charge in [0.1, 0.15) is 0 Å². The lowest BCUT2D eigenvalue weighted by atomic mass is 9.98. The number of nitro groups is 1. The van der Waals surface area contributed by atoms with Crippen molar-refractivity contribution < 1.29 is 14.5 Å². The Morgan fingerprint density at radius 2 is 2.16 bits per heavy atom. The van der Waals surface area contributed by atoms with E-state index in [-0.39, 0.29) is 36.5 Å². The van der Waals surface area contributed by atoms with E-state index in [1.165, 1.54) is 12.1 Å². The topological polar surface area (TPSA) is 119 Å². The molecule has 0 bridgehead atoms. The maximum atomic E-state index is 12.9. The Labute approximate surface area is 146 Å². The normalized spacial score (nSPS) is 17.2. The Balaban J connectivity index is 2.16. The van der Waals surface area contributed by atoms with Gasteiger partial charge in [0, 0.05) is 49.3 Å². The number of rotatable bonds is 6. The molecule has 1 aromatic rings. The summed E-state index contributed by atoms with van der Waals surface area (Å²) < 4.78 is 0. The molecular weight excluding hydrogens is 324 g/mol. The van der Waals surface area contributed by atoms with Crippen LogP contribution in [0.25, 0.3) is 0 Å². The molecule has 0 aromatic heterocycles. The molecule has 0 aliphatic carbocycles. The van der Waals surface area contributed by atoms with Crippen LogP contribution in [-0.4, -0.2) is 47.3 Å². The molecule has 1 aliphatic rings. The number of hydrogen-bond acceptors (Lipinski definition) is 5. The second kappa shape index (κ2) is 8.57. The predicted octanol–water partition coefficient (Wildman–Crippen LogP) is 1.36. The standard InChI is InChI=1S/C17H24N4O4/c1-12-14(6-4-7-15(12)21(24)25)17(23)20-10-3-2-5-13(20)11-19-16(22)8-9-18/h4,6-7,13H,2-3,5,8-11,18H2,1H3,(H,19,22). The zero-order valence-corrected chi connectivity index (χ0v) is 14.4. The third kappa shape index (κ3) is 4.54. The molecular formula is C17H24N4O4. The van der Waals surface area contributed by atoms with E-state index in [9.17, 15) is 19.7 Å². The maximum Gasteiger partial charge on any atom is 0.273 e. The molecule has 1 heterocycles. The smallest absolute Gasteiger partial charge is 0.273 e. The van der Waals surface area contributed by atoms with Crippen LogP contribution in [-0.2, 0) is 4.79 Å². The lowest BCUT2D eigenvalue weighted by Gasteiger charge is -2.36. The van der Waals surface area contributed by atoms with E-state index in [0.29, 0.717) is 24.2 Å². The molecule has 1 atom stereocenters. The van der Waals surface area contributed by atoms with Gasteiger partial charge in [-0.1, -0.05) is 6.07 Å². The molecule has 8 nitrogen and oxygen atoms in total. The number of carbonyl (C=O) groups excluding carboxylic acids is 2. The van der Waals surface area contributed by atoms with E-state index in [1.807, 2.05) is 0 Å². The van der Waals surface area contributed by atoms with Crippen molar-refractivity contribution in [2.45, 2.75) is 38.6 Å². The third-order valence-electron chi connectivity index (χ3n) is 4.53. The number of nitrogens with two attached hydrogens (primary N) is 1. The van der Waals surface area contributed by atoms with E-state index < -0.39 is 4.92 Å². The first-order valence-electron chi connectivity index (χ1n) is 8.47. The van der Waals surface area contributed by atoms with Gasteiger partial charge in [0.25, 0.3) is 11.6 Å². The van der Waals surface area contributed by atoms with Gasteiger partial charge >= 0.3 is 0 Å². The molecule has 1 unspecified atom stereocenters. The van der Waals surface area contributed by atoms with Gasteiger partial charge < -0.3 is 16.0 Å². The fraction of sp³-hybridized carbons (Fsp3) is 0.529. The van der Waals surface area contributed by atoms with Gasteiger partial charge in [-0.15, -0.1) is 0 Å². The van der Waals surface area contributed by atoms with Gasteiger partial charge in [0.15, 0.2) is 0 Å². The number of benzene rings is 1. The number of amides is 2. The van der Waals surface area contributed by atoms with Gasteiger partial charge in [-0.3, -0.25) is 19.7 Å². The SMILES string of the molecule is Cc1c(C(=O)N2CCCCC2CNC(=O)CCN)cccc1[N+](=O)[O-]. The van der Waals surface area contributed by atoms with Crippen LogP contribution >= 0.6 is 0 Å². The number of hydrogen-bond donors (Lipinski definition) is 2. The second-order valence-corrected chi connectivity index (χ2v) is 6.20. The van der Waals surface area contributed by atoms with Crippen molar-refractivity contribution in [3.63, 3.8) is 0 Å². The van der Waals surface area contributed by atoms with Crippen LogP contribution in [0, 0.1) is 17.0 Å². The quantitative estimate of drug-likeness (QED) is 0.594. The van der Waals surface area contributed by atoms with Crippen LogP contribution in [0.3, 0.4) is 0 Å². The molecule has 25 heavy (non-hydrogen) atoms. The molecule has 1 saturated heterocycles. The summed E-state index contributed by atoms with van der Waals surface area (Å²) in [4.78, 5) is 36.9. The van der Waals surface area contributed by atoms with Gasteiger partial charge in [-0.2, -0.15) is 0 Å². The second-order valence-electron chi connectivity index (χ2n) is 6.20. The largest absolute Gasteiger partial charge is 0.354 e. The van der Waals surface area contributed by atoms with Gasteiger partial charge in [0.2, 0.25) is 5.91 Å². The lowest BCUT2D eigenvalue weighted by Crippen LogP contribution is -2.49. The Morgan fingerprint density at radius 1 is 1.40 bits per heavy atom. The summed E-state index contributed by atoms with van der Waals surface area (Å²) in [5.41, 5.74) is 6.02. The molecule has 1 aliphatic heterocycles. The number of carbonyl (C=O) groups is 2. The first-order chi connectivity index (χ1) is 12.0. The van der Waals surface area contributed by atoms with E-state index >= 15 is 0 Å². The monoisotopic (exact) mass is 348 g/mol. The molecule has 0 radical (unpaired) electrons. The number of nitro benzene ring substituents is 1. The molecule has 1 aromatic carbocycles. The van der Waals surface area contributed by atoms with Crippen molar-refractivity contribution >= 4 is 17.5 Å². The van der Waals surface area contributed by atoms with Crippen molar-refractivity contribution in [2.24, 2.45) is 5.73 Å². The first-order valence-corrected chi connectivity index (χ1v) is 8.47. The summed E-state index contributed by atoms with van der Waals surface area (Å²) in [5.74, 6) is -0.356. The highest BCUT2D eigenvalue weighted by molar-refractivity contribution is 5.97. The zero-order valence-electron chi connectivity index (χ0n) is 14.4. The minimum absolute atomic E-state index is 0.0596. The highest BCUT2D eigenvalue weighted by Crippen LogP contribution is 2.25. The Kier molecular flexibility index (Phi) is 6.46. The lowest BCUT2D eigenvalue weighted by molar-refractivity contribution is -0.385. The fourth-order valence-electron chi connectivity index (χ4n) is 3.14. The van der Waals surface area contributed by atoms with Crippen LogP contribution in [0.15, 0.2) is 18.2 Å². The van der Waals surface area contributed by atoms with Gasteiger partial charge in [0.05, 0.1) is 4.92 Å². The Morgan fingerprint density at radius 3 is 2.84 bits per heavy atom. The summed E-state index contributed by atoms with van der Waals surface area (Å²) in [5, 5.41) is 13.9. The Bertz CT molecular complexity index is 662. The molecule has 1 fully saturated rings. The summed E-state index contributed by atoms with van der Waals surface area (Å²) in [7, 11) is 0. The van der Waals surface area contributed by atoms with E-state index in [0.717, 1.165) is 19.3 Å². The minimum atomic E-state index is -0.479. The number of nitrogens with one attached hydrogen (secondary N) is 1. The first kappa shape index (κ1) is 18.9. The third-order valence-corrected chi connectivity index (χ3v) is 4.53. The maximum absolute atomic E-state index is 12.9. The van der Waals surface area contributed by atoms with Gasteiger partial charge in [-0.05, 0) is 32.3 Å². The van der Waals surface area contributed by atoms with Crippen LogP contribution in [0.5, 0.6) is 0 Å². The van der Waals surface area contributed by atoms with Crippen molar-refractivity contribution in [1.29, 1.82) is 0 Å². The fourth-order valence-corrected chi connectivity index (χ4v) is 3.14. The predicted molar refractivity (Wildman–Crippen MR) is 93.2 cm³/mol. The summed E-state index contributed by atoms with van der Waals surface area (Å²) in [6.07, 6.45) is 2.91. The van der Waals surface area contributed by atoms with Crippen LogP contribution < -0.4 is 11.1 Å².